The molecule has 2 rings (SSSR count). The zero-order valence-electron chi connectivity index (χ0n) is 9.57. The van der Waals surface area contributed by atoms with Gasteiger partial charge in [0.2, 0.25) is 0 Å². The van der Waals surface area contributed by atoms with Gasteiger partial charge >= 0.3 is 0 Å². The lowest BCUT2D eigenvalue weighted by molar-refractivity contribution is 0.127. The van der Waals surface area contributed by atoms with Gasteiger partial charge in [-0.2, -0.15) is 0 Å². The van der Waals surface area contributed by atoms with Gasteiger partial charge in [-0.05, 0) is 41.4 Å². The molecule has 0 spiro atoms. The molecule has 92 valence electrons. The highest BCUT2D eigenvalue weighted by Crippen LogP contribution is 2.36. The van der Waals surface area contributed by atoms with Crippen LogP contribution in [0.1, 0.15) is 18.9 Å². The minimum atomic E-state index is 0.0971. The van der Waals surface area contributed by atoms with Gasteiger partial charge in [-0.25, -0.2) is 0 Å². The Hall–Kier alpha value is -0.520. The smallest absolute Gasteiger partial charge is 0.122 e. The van der Waals surface area contributed by atoms with E-state index in [-0.39, 0.29) is 5.84 Å². The Morgan fingerprint density at radius 2 is 2.35 bits per heavy atom. The molecule has 5 heteroatoms. The third-order valence-electron chi connectivity index (χ3n) is 2.83. The monoisotopic (exact) mass is 314 g/mol. The van der Waals surface area contributed by atoms with E-state index in [1.54, 1.807) is 0 Å². The van der Waals surface area contributed by atoms with E-state index in [2.05, 4.69) is 22.9 Å². The lowest BCUT2D eigenvalue weighted by Crippen LogP contribution is -2.13. The molecule has 1 aliphatic rings. The summed E-state index contributed by atoms with van der Waals surface area (Å²) in [5.41, 5.74) is 6.20. The fourth-order valence-corrected chi connectivity index (χ4v) is 3.58. The number of hydrogen-bond donors (Lipinski definition) is 2. The van der Waals surface area contributed by atoms with Crippen LogP contribution in [-0.2, 0) is 4.74 Å². The van der Waals surface area contributed by atoms with E-state index >= 15 is 0 Å². The van der Waals surface area contributed by atoms with Crippen LogP contribution in [0.5, 0.6) is 0 Å². The SMILES string of the molecule is CC1OCCC1Sc1ccc(C(=N)N)cc1Br. The number of ether oxygens (including phenoxy) is 1. The number of benzene rings is 1. The molecule has 1 fully saturated rings. The highest BCUT2D eigenvalue weighted by molar-refractivity contribution is 9.10. The van der Waals surface area contributed by atoms with E-state index in [1.807, 2.05) is 30.0 Å². The molecule has 1 aliphatic heterocycles. The molecule has 3 N–H and O–H groups in total. The van der Waals surface area contributed by atoms with Crippen LogP contribution in [0, 0.1) is 5.41 Å². The first kappa shape index (κ1) is 12.9. The van der Waals surface area contributed by atoms with Gasteiger partial charge in [0.15, 0.2) is 0 Å². The number of thioether (sulfide) groups is 1. The minimum absolute atomic E-state index is 0.0971. The topological polar surface area (TPSA) is 59.1 Å². The molecule has 3 nitrogen and oxygen atoms in total. The van der Waals surface area contributed by atoms with Crippen LogP contribution in [-0.4, -0.2) is 23.8 Å². The zero-order chi connectivity index (χ0) is 12.4. The number of amidine groups is 1. The Labute approximate surface area is 114 Å². The van der Waals surface area contributed by atoms with Crippen LogP contribution in [0.15, 0.2) is 27.6 Å². The summed E-state index contributed by atoms with van der Waals surface area (Å²) >= 11 is 5.35. The summed E-state index contributed by atoms with van der Waals surface area (Å²) in [7, 11) is 0. The summed E-state index contributed by atoms with van der Waals surface area (Å²) in [5.74, 6) is 0.0971. The molecule has 0 radical (unpaired) electrons. The molecule has 17 heavy (non-hydrogen) atoms. The van der Waals surface area contributed by atoms with Crippen molar-refractivity contribution in [1.82, 2.24) is 0 Å². The van der Waals surface area contributed by atoms with Crippen molar-refractivity contribution >= 4 is 33.5 Å². The second-order valence-electron chi connectivity index (χ2n) is 4.08. The number of nitrogens with one attached hydrogen (secondary N) is 1. The third kappa shape index (κ3) is 3.03. The molecule has 0 aromatic heterocycles. The fraction of sp³-hybridized carbons (Fsp3) is 0.417. The molecule has 2 atom stereocenters. The van der Waals surface area contributed by atoms with Crippen molar-refractivity contribution in [1.29, 1.82) is 5.41 Å². The van der Waals surface area contributed by atoms with Crippen LogP contribution in [0.25, 0.3) is 0 Å². The van der Waals surface area contributed by atoms with Crippen LogP contribution >= 0.6 is 27.7 Å². The molecule has 0 bridgehead atoms. The van der Waals surface area contributed by atoms with E-state index in [0.29, 0.717) is 11.4 Å². The lowest BCUT2D eigenvalue weighted by atomic mass is 10.2. The first-order valence-corrected chi connectivity index (χ1v) is 7.17. The van der Waals surface area contributed by atoms with Gasteiger partial charge in [0.05, 0.1) is 6.10 Å². The second kappa shape index (κ2) is 5.42. The van der Waals surface area contributed by atoms with Crippen molar-refractivity contribution in [2.24, 2.45) is 5.73 Å². The molecular formula is C12H15BrN2OS. The van der Waals surface area contributed by atoms with Gasteiger partial charge in [0, 0.05) is 26.8 Å². The molecule has 1 saturated heterocycles. The Kier molecular flexibility index (Phi) is 4.12. The predicted molar refractivity (Wildman–Crippen MR) is 74.8 cm³/mol. The van der Waals surface area contributed by atoms with Crippen molar-refractivity contribution in [3.63, 3.8) is 0 Å². The van der Waals surface area contributed by atoms with Crippen molar-refractivity contribution < 1.29 is 4.74 Å². The van der Waals surface area contributed by atoms with Gasteiger partial charge < -0.3 is 10.5 Å². The summed E-state index contributed by atoms with van der Waals surface area (Å²) in [4.78, 5) is 1.18. The predicted octanol–water partition coefficient (Wildman–Crippen LogP) is 3.00. The van der Waals surface area contributed by atoms with Gasteiger partial charge in [-0.3, -0.25) is 5.41 Å². The molecule has 1 aromatic carbocycles. The van der Waals surface area contributed by atoms with Gasteiger partial charge in [0.1, 0.15) is 5.84 Å². The van der Waals surface area contributed by atoms with Crippen molar-refractivity contribution in [3.8, 4) is 0 Å². The number of hydrogen-bond acceptors (Lipinski definition) is 3. The van der Waals surface area contributed by atoms with E-state index in [4.69, 9.17) is 15.9 Å². The summed E-state index contributed by atoms with van der Waals surface area (Å²) < 4.78 is 6.54. The third-order valence-corrected chi connectivity index (χ3v) is 5.28. The number of nitrogen functional groups attached to an aromatic ring is 1. The van der Waals surface area contributed by atoms with Crippen molar-refractivity contribution in [2.45, 2.75) is 29.6 Å². The summed E-state index contributed by atoms with van der Waals surface area (Å²) in [6.07, 6.45) is 1.39. The Balaban J connectivity index is 2.14. The summed E-state index contributed by atoms with van der Waals surface area (Å²) in [6, 6.07) is 5.79. The molecular weight excluding hydrogens is 300 g/mol. The Morgan fingerprint density at radius 3 is 2.88 bits per heavy atom. The molecule has 1 heterocycles. The van der Waals surface area contributed by atoms with Gasteiger partial charge in [-0.1, -0.05) is 6.07 Å². The van der Waals surface area contributed by atoms with Crippen LogP contribution in [0.4, 0.5) is 0 Å². The highest BCUT2D eigenvalue weighted by Gasteiger charge is 2.25. The van der Waals surface area contributed by atoms with E-state index < -0.39 is 0 Å². The van der Waals surface area contributed by atoms with Crippen LogP contribution in [0.3, 0.4) is 0 Å². The van der Waals surface area contributed by atoms with E-state index in [9.17, 15) is 0 Å². The normalized spacial score (nSPS) is 23.9. The fourth-order valence-electron chi connectivity index (χ4n) is 1.79. The highest BCUT2D eigenvalue weighted by atomic mass is 79.9. The maximum Gasteiger partial charge on any atom is 0.122 e. The number of halogens is 1. The summed E-state index contributed by atoms with van der Waals surface area (Å²) in [6.45, 7) is 2.96. The van der Waals surface area contributed by atoms with E-state index in [0.717, 1.165) is 23.1 Å². The molecule has 0 amide bonds. The maximum atomic E-state index is 7.39. The van der Waals surface area contributed by atoms with Gasteiger partial charge in [0.25, 0.3) is 0 Å². The minimum Gasteiger partial charge on any atom is -0.384 e. The first-order valence-electron chi connectivity index (χ1n) is 5.50. The standard InChI is InChI=1S/C12H15BrN2OS/c1-7-10(4-5-16-7)17-11-3-2-8(12(14)15)6-9(11)13/h2-3,6-7,10H,4-5H2,1H3,(H3,14,15). The molecule has 0 saturated carbocycles. The largest absolute Gasteiger partial charge is 0.384 e. The number of rotatable bonds is 3. The van der Waals surface area contributed by atoms with Crippen LogP contribution in [0.2, 0.25) is 0 Å². The summed E-state index contributed by atoms with van der Waals surface area (Å²) in [5, 5.41) is 7.90. The van der Waals surface area contributed by atoms with E-state index in [1.165, 1.54) is 4.90 Å². The maximum absolute atomic E-state index is 7.39. The Bertz CT molecular complexity index is 439. The average Bonchev–Trinajstić information content (AvgIpc) is 2.67. The van der Waals surface area contributed by atoms with Crippen molar-refractivity contribution in [3.05, 3.63) is 28.2 Å². The Morgan fingerprint density at radius 1 is 1.59 bits per heavy atom. The quantitative estimate of drug-likeness (QED) is 0.666. The molecule has 0 aliphatic carbocycles. The molecule has 1 aromatic rings. The first-order chi connectivity index (χ1) is 8.08. The average molecular weight is 315 g/mol. The van der Waals surface area contributed by atoms with Crippen LogP contribution < -0.4 is 5.73 Å². The lowest BCUT2D eigenvalue weighted by Gasteiger charge is -2.14. The van der Waals surface area contributed by atoms with Gasteiger partial charge in [-0.15, -0.1) is 11.8 Å². The second-order valence-corrected chi connectivity index (χ2v) is 6.22. The van der Waals surface area contributed by atoms with Crippen molar-refractivity contribution in [2.75, 3.05) is 6.61 Å². The zero-order valence-corrected chi connectivity index (χ0v) is 12.0. The molecule has 2 unspecified atom stereocenters. The number of nitrogens with two attached hydrogens (primary N) is 1.